The van der Waals surface area contributed by atoms with E-state index in [1.807, 2.05) is 30.3 Å². The normalized spacial score (nSPS) is 31.9. The van der Waals surface area contributed by atoms with Crippen molar-refractivity contribution in [3.8, 4) is 34.5 Å². The molecule has 0 heterocycles. The molecular formula is C44H46Cl3N3O3. The maximum atomic E-state index is 7.14. The van der Waals surface area contributed by atoms with E-state index >= 15 is 0 Å². The van der Waals surface area contributed by atoms with Gasteiger partial charge in [0, 0.05) is 28.2 Å². The van der Waals surface area contributed by atoms with Crippen molar-refractivity contribution in [3.63, 3.8) is 0 Å². The van der Waals surface area contributed by atoms with Crippen LogP contribution in [0.25, 0.3) is 0 Å². The predicted octanol–water partition coefficient (Wildman–Crippen LogP) is 12.7. The van der Waals surface area contributed by atoms with E-state index in [1.165, 1.54) is 49.7 Å². The number of hydrogen-bond acceptors (Lipinski definition) is 6. The Bertz CT molecular complexity index is 1940. The van der Waals surface area contributed by atoms with Crippen molar-refractivity contribution >= 4 is 51.9 Å². The van der Waals surface area contributed by atoms with E-state index in [-0.39, 0.29) is 10.8 Å². The molecule has 0 radical (unpaired) electrons. The lowest BCUT2D eigenvalue weighted by molar-refractivity contribution is -0.00959. The minimum Gasteiger partial charge on any atom is -0.451 e. The number of anilines is 3. The molecule has 0 aromatic heterocycles. The van der Waals surface area contributed by atoms with Crippen molar-refractivity contribution in [2.45, 2.75) is 87.9 Å². The Morgan fingerprint density at radius 1 is 0.415 bits per heavy atom. The minimum absolute atomic E-state index is 0.0677. The van der Waals surface area contributed by atoms with Crippen LogP contribution in [0, 0.1) is 35.5 Å². The van der Waals surface area contributed by atoms with Crippen LogP contribution in [0.2, 0.25) is 15.1 Å². The Balaban J connectivity index is 1.27. The SMILES string of the molecule is Nc1ccc(Oc2c(C34CC5CC(CC(C5)C3)C4)cc(C34CC5CC(CC(C5)C3)C4)c(Oc3ccc(N)cc3Cl)c2Oc2ccc(N)cc2Cl)c(Cl)c1. The van der Waals surface area contributed by atoms with Gasteiger partial charge in [0.15, 0.2) is 11.5 Å². The number of halogens is 3. The van der Waals surface area contributed by atoms with Gasteiger partial charge in [0.1, 0.15) is 17.2 Å². The van der Waals surface area contributed by atoms with Crippen LogP contribution >= 0.6 is 34.8 Å². The molecule has 8 bridgehead atoms. The fourth-order valence-corrected chi connectivity index (χ4v) is 13.4. The fourth-order valence-electron chi connectivity index (χ4n) is 12.7. The fraction of sp³-hybridized carbons (Fsp3) is 0.455. The molecular weight excluding hydrogens is 725 g/mol. The third kappa shape index (κ3) is 5.90. The van der Waals surface area contributed by atoms with Gasteiger partial charge in [0.2, 0.25) is 5.75 Å². The van der Waals surface area contributed by atoms with Gasteiger partial charge in [-0.05, 0) is 184 Å². The maximum Gasteiger partial charge on any atom is 0.213 e. The highest BCUT2D eigenvalue weighted by atomic mass is 35.5. The van der Waals surface area contributed by atoms with Gasteiger partial charge in [-0.3, -0.25) is 0 Å². The van der Waals surface area contributed by atoms with E-state index in [0.29, 0.717) is 102 Å². The van der Waals surface area contributed by atoms with Crippen LogP contribution in [0.15, 0.2) is 60.7 Å². The molecule has 0 spiro atoms. The largest absolute Gasteiger partial charge is 0.451 e. The lowest BCUT2D eigenvalue weighted by Gasteiger charge is -2.59. The molecule has 0 unspecified atom stereocenters. The molecule has 0 aliphatic heterocycles. The Labute approximate surface area is 326 Å². The molecule has 0 amide bonds. The monoisotopic (exact) mass is 769 g/mol. The second-order valence-electron chi connectivity index (χ2n) is 17.7. The molecule has 6 N–H and O–H groups in total. The summed E-state index contributed by atoms with van der Waals surface area (Å²) in [6.07, 6.45) is 14.7. The van der Waals surface area contributed by atoms with Gasteiger partial charge in [-0.2, -0.15) is 0 Å². The third-order valence-corrected chi connectivity index (χ3v) is 14.8. The number of rotatable bonds is 8. The Hall–Kier alpha value is -3.45. The van der Waals surface area contributed by atoms with Crippen LogP contribution in [-0.2, 0) is 10.8 Å². The maximum absolute atomic E-state index is 7.14. The minimum atomic E-state index is -0.0677. The van der Waals surface area contributed by atoms with Gasteiger partial charge in [-0.1, -0.05) is 34.8 Å². The van der Waals surface area contributed by atoms with Crippen molar-refractivity contribution in [2.75, 3.05) is 17.2 Å². The van der Waals surface area contributed by atoms with E-state index in [4.69, 9.17) is 66.2 Å². The molecule has 4 aromatic carbocycles. The molecule has 53 heavy (non-hydrogen) atoms. The summed E-state index contributed by atoms with van der Waals surface area (Å²) in [6.45, 7) is 0. The average molecular weight is 771 g/mol. The summed E-state index contributed by atoms with van der Waals surface area (Å²) in [7, 11) is 0. The van der Waals surface area contributed by atoms with E-state index in [2.05, 4.69) is 6.07 Å². The Kier molecular flexibility index (Phi) is 8.06. The lowest BCUT2D eigenvalue weighted by atomic mass is 9.46. The first-order valence-corrected chi connectivity index (χ1v) is 20.6. The van der Waals surface area contributed by atoms with E-state index < -0.39 is 0 Å². The molecule has 9 heteroatoms. The number of hydrogen-bond donors (Lipinski definition) is 3. The first-order chi connectivity index (χ1) is 25.5. The van der Waals surface area contributed by atoms with Gasteiger partial charge in [0.25, 0.3) is 0 Å². The van der Waals surface area contributed by atoms with Crippen LogP contribution in [-0.4, -0.2) is 0 Å². The van der Waals surface area contributed by atoms with Gasteiger partial charge in [-0.25, -0.2) is 0 Å². The molecule has 8 aliphatic carbocycles. The van der Waals surface area contributed by atoms with Crippen molar-refractivity contribution in [1.29, 1.82) is 0 Å². The number of nitrogen functional groups attached to an aromatic ring is 3. The summed E-state index contributed by atoms with van der Waals surface area (Å²) in [5.74, 6) is 7.40. The standard InChI is InChI=1S/C44H46Cl3N3O3/c45-34-13-29(48)1-4-37(34)51-40-32(43-17-23-7-24(18-43)9-25(8-23)19-43)16-33(44-20-26-10-27(21-44)12-28(11-26)22-44)41(52-38-5-2-30(49)14-35(38)46)42(40)53-39-6-3-31(50)15-36(39)47/h1-6,13-16,23-28H,7-12,17-22,48-50H2. The smallest absolute Gasteiger partial charge is 0.213 e. The number of benzene rings is 4. The topological polar surface area (TPSA) is 106 Å². The second-order valence-corrected chi connectivity index (χ2v) is 19.0. The first-order valence-electron chi connectivity index (χ1n) is 19.4. The third-order valence-electron chi connectivity index (χ3n) is 13.9. The highest BCUT2D eigenvalue weighted by molar-refractivity contribution is 6.33. The van der Waals surface area contributed by atoms with Gasteiger partial charge < -0.3 is 31.4 Å². The van der Waals surface area contributed by atoms with Crippen LogP contribution in [0.4, 0.5) is 17.1 Å². The molecule has 276 valence electrons. The number of ether oxygens (including phenoxy) is 3. The first kappa shape index (κ1) is 34.1. The molecule has 6 nitrogen and oxygen atoms in total. The van der Waals surface area contributed by atoms with Crippen molar-refractivity contribution in [2.24, 2.45) is 35.5 Å². The molecule has 8 fully saturated rings. The summed E-state index contributed by atoms with van der Waals surface area (Å²) >= 11 is 20.7. The molecule has 4 aromatic rings. The summed E-state index contributed by atoms with van der Waals surface area (Å²) in [5.41, 5.74) is 22.5. The van der Waals surface area contributed by atoms with Crippen LogP contribution in [0.3, 0.4) is 0 Å². The van der Waals surface area contributed by atoms with Gasteiger partial charge >= 0.3 is 0 Å². The molecule has 0 saturated heterocycles. The van der Waals surface area contributed by atoms with E-state index in [1.54, 1.807) is 24.3 Å². The highest BCUT2D eigenvalue weighted by Crippen LogP contribution is 2.68. The van der Waals surface area contributed by atoms with Crippen LogP contribution in [0.1, 0.15) is 88.2 Å². The van der Waals surface area contributed by atoms with E-state index in [0.717, 1.165) is 38.5 Å². The lowest BCUT2D eigenvalue weighted by Crippen LogP contribution is -2.50. The summed E-state index contributed by atoms with van der Waals surface area (Å²) in [5, 5.41) is 1.24. The van der Waals surface area contributed by atoms with Crippen LogP contribution in [0.5, 0.6) is 34.5 Å². The molecule has 0 atom stereocenters. The van der Waals surface area contributed by atoms with E-state index in [9.17, 15) is 0 Å². The summed E-state index contributed by atoms with van der Waals surface area (Å²) in [4.78, 5) is 0. The van der Waals surface area contributed by atoms with Crippen molar-refractivity contribution < 1.29 is 14.2 Å². The average Bonchev–Trinajstić information content (AvgIpc) is 3.08. The molecule has 8 aliphatic rings. The zero-order valence-corrected chi connectivity index (χ0v) is 32.1. The van der Waals surface area contributed by atoms with Crippen molar-refractivity contribution in [1.82, 2.24) is 0 Å². The predicted molar refractivity (Wildman–Crippen MR) is 214 cm³/mol. The van der Waals surface area contributed by atoms with Gasteiger partial charge in [-0.15, -0.1) is 0 Å². The Morgan fingerprint density at radius 3 is 0.981 bits per heavy atom. The Morgan fingerprint density at radius 2 is 0.698 bits per heavy atom. The zero-order chi connectivity index (χ0) is 36.2. The summed E-state index contributed by atoms with van der Waals surface area (Å²) < 4.78 is 21.4. The van der Waals surface area contributed by atoms with Crippen molar-refractivity contribution in [3.05, 3.63) is 86.9 Å². The van der Waals surface area contributed by atoms with Crippen LogP contribution < -0.4 is 31.4 Å². The molecule has 8 saturated carbocycles. The number of nitrogens with two attached hydrogens (primary N) is 3. The highest BCUT2D eigenvalue weighted by Gasteiger charge is 2.56. The van der Waals surface area contributed by atoms with Gasteiger partial charge in [0.05, 0.1) is 15.1 Å². The molecule has 12 rings (SSSR count). The quantitative estimate of drug-likeness (QED) is 0.154. The second kappa shape index (κ2) is 12.5. The summed E-state index contributed by atoms with van der Waals surface area (Å²) in [6, 6.07) is 18.6. The zero-order valence-electron chi connectivity index (χ0n) is 29.8.